The van der Waals surface area contributed by atoms with E-state index in [1.165, 1.54) is 6.08 Å². The highest BCUT2D eigenvalue weighted by atomic mass is 16.6. The molecule has 2 rings (SSSR count). The summed E-state index contributed by atoms with van der Waals surface area (Å²) in [4.78, 5) is 1.85. The van der Waals surface area contributed by atoms with Crippen LogP contribution >= 0.6 is 0 Å². The minimum atomic E-state index is -1.31. The number of phenolic OH excluding ortho intramolecular Hbond substituents is 1. The molecule has 7 heteroatoms. The first-order valence-corrected chi connectivity index (χ1v) is 9.71. The molecular weight excluding hydrogens is 362 g/mol. The number of ether oxygens (including phenoxy) is 1. The van der Waals surface area contributed by atoms with Crippen molar-refractivity contribution in [3.63, 3.8) is 0 Å². The van der Waals surface area contributed by atoms with Crippen molar-refractivity contribution >= 4 is 5.69 Å². The Labute approximate surface area is 166 Å². The van der Waals surface area contributed by atoms with Gasteiger partial charge >= 0.3 is 0 Å². The Kier molecular flexibility index (Phi) is 7.86. The fourth-order valence-electron chi connectivity index (χ4n) is 3.29. The van der Waals surface area contributed by atoms with Crippen molar-refractivity contribution < 1.29 is 30.3 Å². The molecule has 1 aromatic carbocycles. The van der Waals surface area contributed by atoms with Crippen LogP contribution in [0.15, 0.2) is 24.3 Å². The highest BCUT2D eigenvalue weighted by Crippen LogP contribution is 2.35. The SMILES string of the molecule is C[C@@H]1/C=C\[C@H](O)[C@@H](O)[C@@H](O)CCCc2cc(N(C)C)cc(O)c2[C@@H](O)O[C@H]1C. The molecule has 0 spiro atoms. The molecular formula is C21H33NO6. The molecule has 158 valence electrons. The standard InChI is InChI=1S/C21H33NO6/c1-12-8-9-17(24)20(26)16(23)7-5-6-14-10-15(22(3)4)11-18(25)19(14)21(27)28-13(12)2/h8-13,16-17,20-21,23-27H,5-7H2,1-4H3/b9-8-/t12-,13+,16+,17+,20+,21+/m1/s1. The Balaban J connectivity index is 2.41. The third-order valence-corrected chi connectivity index (χ3v) is 5.38. The van der Waals surface area contributed by atoms with Crippen molar-refractivity contribution in [3.8, 4) is 5.75 Å². The van der Waals surface area contributed by atoms with E-state index in [1.54, 1.807) is 19.1 Å². The van der Waals surface area contributed by atoms with Gasteiger partial charge in [0.15, 0.2) is 6.29 Å². The lowest BCUT2D eigenvalue weighted by Crippen LogP contribution is -2.36. The second-order valence-corrected chi connectivity index (χ2v) is 7.81. The Hall–Kier alpha value is -1.64. The molecule has 0 fully saturated rings. The molecule has 0 amide bonds. The average molecular weight is 395 g/mol. The minimum absolute atomic E-state index is 0.0489. The number of anilines is 1. The number of phenols is 1. The number of fused-ring (bicyclic) bond motifs is 1. The molecule has 6 atom stereocenters. The van der Waals surface area contributed by atoms with Crippen molar-refractivity contribution in [2.24, 2.45) is 5.92 Å². The van der Waals surface area contributed by atoms with E-state index in [4.69, 9.17) is 4.74 Å². The van der Waals surface area contributed by atoms with E-state index in [0.717, 1.165) is 5.69 Å². The zero-order valence-corrected chi connectivity index (χ0v) is 17.0. The summed E-state index contributed by atoms with van der Waals surface area (Å²) in [7, 11) is 3.71. The van der Waals surface area contributed by atoms with Crippen molar-refractivity contribution in [1.29, 1.82) is 0 Å². The maximum atomic E-state index is 10.7. The zero-order valence-electron chi connectivity index (χ0n) is 17.0. The first-order chi connectivity index (χ1) is 13.1. The number of aromatic hydroxyl groups is 1. The minimum Gasteiger partial charge on any atom is -0.507 e. The van der Waals surface area contributed by atoms with Crippen LogP contribution in [0, 0.1) is 5.92 Å². The summed E-state index contributed by atoms with van der Waals surface area (Å²) in [6, 6.07) is 3.46. The third-order valence-electron chi connectivity index (χ3n) is 5.38. The number of benzene rings is 1. The molecule has 0 bridgehead atoms. The molecule has 1 aromatic rings. The van der Waals surface area contributed by atoms with Crippen LogP contribution in [0.2, 0.25) is 0 Å². The fraction of sp³-hybridized carbons (Fsp3) is 0.619. The number of nitrogens with zero attached hydrogens (tertiary/aromatic N) is 1. The molecule has 28 heavy (non-hydrogen) atoms. The maximum absolute atomic E-state index is 10.7. The van der Waals surface area contributed by atoms with Gasteiger partial charge in [-0.15, -0.1) is 0 Å². The molecule has 0 aromatic heterocycles. The van der Waals surface area contributed by atoms with Crippen molar-refractivity contribution in [2.75, 3.05) is 19.0 Å². The van der Waals surface area contributed by atoms with Gasteiger partial charge in [0.2, 0.25) is 0 Å². The summed E-state index contributed by atoms with van der Waals surface area (Å²) < 4.78 is 5.74. The molecule has 0 saturated heterocycles. The second-order valence-electron chi connectivity index (χ2n) is 7.81. The molecule has 1 aliphatic heterocycles. The molecule has 7 nitrogen and oxygen atoms in total. The lowest BCUT2D eigenvalue weighted by molar-refractivity contribution is -0.144. The molecule has 5 N–H and O–H groups in total. The fourth-order valence-corrected chi connectivity index (χ4v) is 3.29. The number of rotatable bonds is 1. The topological polar surface area (TPSA) is 114 Å². The lowest BCUT2D eigenvalue weighted by atomic mass is 9.95. The summed E-state index contributed by atoms with van der Waals surface area (Å²) in [5.74, 6) is -0.226. The molecule has 1 aliphatic rings. The monoisotopic (exact) mass is 395 g/mol. The Bertz CT molecular complexity index is 677. The van der Waals surface area contributed by atoms with E-state index in [2.05, 4.69) is 0 Å². The lowest BCUT2D eigenvalue weighted by Gasteiger charge is -2.27. The van der Waals surface area contributed by atoms with Gasteiger partial charge in [-0.1, -0.05) is 19.1 Å². The van der Waals surface area contributed by atoms with Gasteiger partial charge in [0.05, 0.1) is 17.8 Å². The van der Waals surface area contributed by atoms with Crippen molar-refractivity contribution in [1.82, 2.24) is 0 Å². The third kappa shape index (κ3) is 5.46. The Morgan fingerprint density at radius 2 is 1.71 bits per heavy atom. The number of aryl methyl sites for hydroxylation is 1. The van der Waals surface area contributed by atoms with Crippen LogP contribution in [0.1, 0.15) is 44.1 Å². The highest BCUT2D eigenvalue weighted by Gasteiger charge is 2.26. The predicted octanol–water partition coefficient (Wildman–Crippen LogP) is 1.47. The molecule has 0 radical (unpaired) electrons. The molecule has 0 aliphatic carbocycles. The highest BCUT2D eigenvalue weighted by molar-refractivity contribution is 5.56. The van der Waals surface area contributed by atoms with Crippen LogP contribution in [0.4, 0.5) is 5.69 Å². The second kappa shape index (κ2) is 9.71. The van der Waals surface area contributed by atoms with Crippen LogP contribution in [0.25, 0.3) is 0 Å². The maximum Gasteiger partial charge on any atom is 0.185 e. The largest absolute Gasteiger partial charge is 0.507 e. The van der Waals surface area contributed by atoms with E-state index < -0.39 is 30.7 Å². The van der Waals surface area contributed by atoms with Gasteiger partial charge < -0.3 is 35.2 Å². The van der Waals surface area contributed by atoms with Crippen molar-refractivity contribution in [2.45, 2.75) is 63.8 Å². The van der Waals surface area contributed by atoms with Gasteiger partial charge in [0.25, 0.3) is 0 Å². The summed E-state index contributed by atoms with van der Waals surface area (Å²) in [6.45, 7) is 3.64. The van der Waals surface area contributed by atoms with Crippen LogP contribution in [-0.4, -0.2) is 64.0 Å². The van der Waals surface area contributed by atoms with E-state index in [1.807, 2.05) is 32.0 Å². The summed E-state index contributed by atoms with van der Waals surface area (Å²) >= 11 is 0. The summed E-state index contributed by atoms with van der Waals surface area (Å²) in [5.41, 5.74) is 1.82. The zero-order chi connectivity index (χ0) is 21.0. The van der Waals surface area contributed by atoms with Crippen LogP contribution in [0.3, 0.4) is 0 Å². The normalized spacial score (nSPS) is 33.6. The van der Waals surface area contributed by atoms with Gasteiger partial charge in [0.1, 0.15) is 18.0 Å². The van der Waals surface area contributed by atoms with E-state index in [9.17, 15) is 25.5 Å². The van der Waals surface area contributed by atoms with Crippen LogP contribution in [0.5, 0.6) is 5.75 Å². The average Bonchev–Trinajstić information content (AvgIpc) is 2.63. The number of aliphatic hydroxyl groups is 4. The Morgan fingerprint density at radius 3 is 2.36 bits per heavy atom. The first kappa shape index (κ1) is 22.6. The van der Waals surface area contributed by atoms with Crippen LogP contribution in [-0.2, 0) is 11.2 Å². The summed E-state index contributed by atoms with van der Waals surface area (Å²) in [6.07, 6.45) is -0.924. The Morgan fingerprint density at radius 1 is 1.04 bits per heavy atom. The van der Waals surface area contributed by atoms with Gasteiger partial charge in [-0.3, -0.25) is 0 Å². The quantitative estimate of drug-likeness (QED) is 0.458. The van der Waals surface area contributed by atoms with Gasteiger partial charge in [-0.2, -0.15) is 0 Å². The molecule has 0 unspecified atom stereocenters. The van der Waals surface area contributed by atoms with Crippen LogP contribution < -0.4 is 4.90 Å². The molecule has 0 saturated carbocycles. The van der Waals surface area contributed by atoms with Gasteiger partial charge in [-0.25, -0.2) is 0 Å². The van der Waals surface area contributed by atoms with E-state index >= 15 is 0 Å². The predicted molar refractivity (Wildman–Crippen MR) is 107 cm³/mol. The summed E-state index contributed by atoms with van der Waals surface area (Å²) in [5, 5.41) is 51.6. The first-order valence-electron chi connectivity index (χ1n) is 9.71. The van der Waals surface area contributed by atoms with Gasteiger partial charge in [0, 0.05) is 31.8 Å². The van der Waals surface area contributed by atoms with E-state index in [-0.39, 0.29) is 18.1 Å². The number of hydrogen-bond acceptors (Lipinski definition) is 7. The van der Waals surface area contributed by atoms with E-state index in [0.29, 0.717) is 24.0 Å². The van der Waals surface area contributed by atoms with Crippen molar-refractivity contribution in [3.05, 3.63) is 35.4 Å². The van der Waals surface area contributed by atoms with Gasteiger partial charge in [-0.05, 0) is 37.8 Å². The molecule has 1 heterocycles. The number of aliphatic hydroxyl groups excluding tert-OH is 4. The number of hydrogen-bond donors (Lipinski definition) is 5. The smallest absolute Gasteiger partial charge is 0.185 e.